The molecule has 3 N–H and O–H groups in total. The minimum absolute atomic E-state index is 0.0331. The number of urea groups is 1. The number of ether oxygens (including phenoxy) is 2. The molecule has 1 unspecified atom stereocenters. The van der Waals surface area contributed by atoms with Gasteiger partial charge in [-0.05, 0) is 12.8 Å². The normalized spacial score (nSPS) is 11.5. The molecule has 0 radical (unpaired) electrons. The van der Waals surface area contributed by atoms with Gasteiger partial charge in [-0.25, -0.2) is 9.59 Å². The molecule has 0 saturated heterocycles. The summed E-state index contributed by atoms with van der Waals surface area (Å²) in [6.45, 7) is 0.512. The van der Waals surface area contributed by atoms with E-state index in [9.17, 15) is 14.4 Å². The molecule has 0 spiro atoms. The second-order valence-corrected chi connectivity index (χ2v) is 3.75. The lowest BCUT2D eigenvalue weighted by molar-refractivity contribution is -0.141. The highest BCUT2D eigenvalue weighted by Gasteiger charge is 2.19. The zero-order valence-electron chi connectivity index (χ0n) is 11.1. The third-order valence-corrected chi connectivity index (χ3v) is 2.29. The molecule has 0 heterocycles. The molecule has 0 aliphatic carbocycles. The minimum atomic E-state index is -1.11. The van der Waals surface area contributed by atoms with Crippen LogP contribution in [0.2, 0.25) is 0 Å². The molecule has 0 saturated carbocycles. The van der Waals surface area contributed by atoms with E-state index in [4.69, 9.17) is 9.84 Å². The second-order valence-electron chi connectivity index (χ2n) is 3.75. The Morgan fingerprint density at radius 3 is 2.47 bits per heavy atom. The summed E-state index contributed by atoms with van der Waals surface area (Å²) < 4.78 is 9.21. The molecular weight excluding hydrogens is 256 g/mol. The molecule has 0 aliphatic rings. The summed E-state index contributed by atoms with van der Waals surface area (Å²) in [5.41, 5.74) is 0. The Morgan fingerprint density at radius 1 is 1.26 bits per heavy atom. The van der Waals surface area contributed by atoms with Crippen molar-refractivity contribution in [3.63, 3.8) is 0 Å². The van der Waals surface area contributed by atoms with Gasteiger partial charge in [0.15, 0.2) is 0 Å². The second kappa shape index (κ2) is 10.1. The topological polar surface area (TPSA) is 114 Å². The lowest BCUT2D eigenvalue weighted by atomic mass is 10.1. The summed E-state index contributed by atoms with van der Waals surface area (Å²) in [6.07, 6.45) is 0.828. The van der Waals surface area contributed by atoms with Crippen LogP contribution in [0.1, 0.15) is 19.3 Å². The summed E-state index contributed by atoms with van der Waals surface area (Å²) >= 11 is 0. The average molecular weight is 276 g/mol. The number of hydrogen-bond donors (Lipinski definition) is 3. The Hall–Kier alpha value is -1.83. The van der Waals surface area contributed by atoms with Gasteiger partial charge in [-0.15, -0.1) is 0 Å². The molecule has 0 bridgehead atoms. The van der Waals surface area contributed by atoms with E-state index in [1.54, 1.807) is 0 Å². The number of rotatable bonds is 9. The lowest BCUT2D eigenvalue weighted by Gasteiger charge is -2.14. The van der Waals surface area contributed by atoms with Gasteiger partial charge in [-0.2, -0.15) is 0 Å². The number of carbonyl (C=O) groups is 3. The Balaban J connectivity index is 3.96. The van der Waals surface area contributed by atoms with Gasteiger partial charge in [0.2, 0.25) is 0 Å². The summed E-state index contributed by atoms with van der Waals surface area (Å²) in [5.74, 6) is -1.56. The number of esters is 1. The van der Waals surface area contributed by atoms with Crippen molar-refractivity contribution < 1.29 is 29.0 Å². The van der Waals surface area contributed by atoms with Crippen LogP contribution < -0.4 is 10.6 Å². The Bertz CT molecular complexity index is 308. The molecule has 8 nitrogen and oxygen atoms in total. The molecule has 0 fully saturated rings. The van der Waals surface area contributed by atoms with E-state index in [-0.39, 0.29) is 19.4 Å². The molecule has 0 aliphatic heterocycles. The van der Waals surface area contributed by atoms with Crippen LogP contribution in [0.4, 0.5) is 4.79 Å². The predicted molar refractivity (Wildman–Crippen MR) is 65.7 cm³/mol. The van der Waals surface area contributed by atoms with Crippen LogP contribution in [0.15, 0.2) is 0 Å². The molecule has 1 atom stereocenters. The first-order chi connectivity index (χ1) is 9.01. The van der Waals surface area contributed by atoms with Crippen molar-refractivity contribution in [2.45, 2.75) is 25.3 Å². The van der Waals surface area contributed by atoms with Crippen molar-refractivity contribution in [1.29, 1.82) is 0 Å². The summed E-state index contributed by atoms with van der Waals surface area (Å²) in [7, 11) is 2.77. The largest absolute Gasteiger partial charge is 0.480 e. The van der Waals surface area contributed by atoms with Crippen molar-refractivity contribution in [1.82, 2.24) is 10.6 Å². The monoisotopic (exact) mass is 276 g/mol. The fourth-order valence-corrected chi connectivity index (χ4v) is 1.28. The minimum Gasteiger partial charge on any atom is -0.480 e. The maximum atomic E-state index is 11.4. The first-order valence-corrected chi connectivity index (χ1v) is 5.84. The van der Waals surface area contributed by atoms with Crippen LogP contribution in [0, 0.1) is 0 Å². The van der Waals surface area contributed by atoms with E-state index in [0.717, 1.165) is 0 Å². The van der Waals surface area contributed by atoms with E-state index in [2.05, 4.69) is 15.4 Å². The third kappa shape index (κ3) is 8.83. The lowest BCUT2D eigenvalue weighted by Crippen LogP contribution is -2.46. The van der Waals surface area contributed by atoms with Crippen molar-refractivity contribution in [3.05, 3.63) is 0 Å². The maximum Gasteiger partial charge on any atom is 0.326 e. The van der Waals surface area contributed by atoms with Gasteiger partial charge in [0.05, 0.1) is 13.5 Å². The van der Waals surface area contributed by atoms with Crippen LogP contribution in [-0.4, -0.2) is 56.5 Å². The van der Waals surface area contributed by atoms with E-state index < -0.39 is 24.0 Å². The van der Waals surface area contributed by atoms with Crippen molar-refractivity contribution >= 4 is 18.0 Å². The fourth-order valence-electron chi connectivity index (χ4n) is 1.28. The molecule has 0 aromatic carbocycles. The van der Waals surface area contributed by atoms with Gasteiger partial charge >= 0.3 is 18.0 Å². The number of carboxylic acids is 1. The third-order valence-electron chi connectivity index (χ3n) is 2.29. The number of amides is 2. The summed E-state index contributed by atoms with van der Waals surface area (Å²) in [5, 5.41) is 13.6. The summed E-state index contributed by atoms with van der Waals surface area (Å²) in [6, 6.07) is -1.61. The highest BCUT2D eigenvalue weighted by Crippen LogP contribution is 1.98. The predicted octanol–water partition coefficient (Wildman–Crippen LogP) is -0.271. The number of carbonyl (C=O) groups excluding carboxylic acids is 2. The Morgan fingerprint density at radius 2 is 1.95 bits per heavy atom. The molecule has 8 heteroatoms. The molecule has 110 valence electrons. The summed E-state index contributed by atoms with van der Waals surface area (Å²) in [4.78, 5) is 33.1. The van der Waals surface area contributed by atoms with Crippen LogP contribution in [0.25, 0.3) is 0 Å². The number of methoxy groups -OCH3 is 2. The molecule has 19 heavy (non-hydrogen) atoms. The highest BCUT2D eigenvalue weighted by atomic mass is 16.5. The van der Waals surface area contributed by atoms with E-state index in [1.165, 1.54) is 14.2 Å². The van der Waals surface area contributed by atoms with Crippen LogP contribution >= 0.6 is 0 Å². The van der Waals surface area contributed by atoms with Crippen molar-refractivity contribution in [2.75, 3.05) is 27.4 Å². The zero-order valence-corrected chi connectivity index (χ0v) is 11.1. The molecule has 0 aromatic rings. The van der Waals surface area contributed by atoms with Gasteiger partial charge in [0.25, 0.3) is 0 Å². The Kier molecular flexibility index (Phi) is 9.15. The first-order valence-electron chi connectivity index (χ1n) is 5.84. The van der Waals surface area contributed by atoms with Gasteiger partial charge in [0, 0.05) is 20.3 Å². The fraction of sp³-hybridized carbons (Fsp3) is 0.727. The number of carboxylic acid groups (broad SMARTS) is 1. The zero-order chi connectivity index (χ0) is 14.7. The van der Waals surface area contributed by atoms with E-state index >= 15 is 0 Å². The van der Waals surface area contributed by atoms with Crippen LogP contribution in [0.3, 0.4) is 0 Å². The van der Waals surface area contributed by atoms with E-state index in [1.807, 2.05) is 0 Å². The van der Waals surface area contributed by atoms with Gasteiger partial charge in [-0.1, -0.05) is 0 Å². The molecule has 0 aromatic heterocycles. The average Bonchev–Trinajstić information content (AvgIpc) is 2.37. The number of nitrogens with one attached hydrogen (secondary N) is 2. The van der Waals surface area contributed by atoms with Gasteiger partial charge in [-0.3, -0.25) is 4.79 Å². The number of hydrogen-bond acceptors (Lipinski definition) is 5. The Labute approximate surface area is 111 Å². The number of aliphatic carboxylic acids is 1. The standard InChI is InChI=1S/C11H20N2O6/c1-18-7-3-4-8(10(15)16)13-11(17)12-6-5-9(14)19-2/h8H,3-7H2,1-2H3,(H,15,16)(H2,12,13,17). The van der Waals surface area contributed by atoms with Crippen LogP contribution in [0.5, 0.6) is 0 Å². The van der Waals surface area contributed by atoms with Crippen molar-refractivity contribution in [3.8, 4) is 0 Å². The molecule has 2 amide bonds. The van der Waals surface area contributed by atoms with Gasteiger partial charge < -0.3 is 25.2 Å². The SMILES string of the molecule is COCCCC(NC(=O)NCCC(=O)OC)C(=O)O. The van der Waals surface area contributed by atoms with E-state index in [0.29, 0.717) is 13.0 Å². The quantitative estimate of drug-likeness (QED) is 0.394. The molecule has 0 rings (SSSR count). The van der Waals surface area contributed by atoms with Crippen LogP contribution in [-0.2, 0) is 19.1 Å². The molecular formula is C11H20N2O6. The highest BCUT2D eigenvalue weighted by molar-refractivity contribution is 5.82. The van der Waals surface area contributed by atoms with Crippen molar-refractivity contribution in [2.24, 2.45) is 0 Å². The maximum absolute atomic E-state index is 11.4. The van der Waals surface area contributed by atoms with Gasteiger partial charge in [0.1, 0.15) is 6.04 Å². The first kappa shape index (κ1) is 17.2. The smallest absolute Gasteiger partial charge is 0.326 e.